The van der Waals surface area contributed by atoms with Crippen LogP contribution in [-0.2, 0) is 0 Å². The Balaban J connectivity index is 2.36. The maximum absolute atomic E-state index is 5.28. The van der Waals surface area contributed by atoms with Crippen molar-refractivity contribution in [2.24, 2.45) is 5.92 Å². The number of fused-ring (bicyclic) bond motifs is 1. The predicted molar refractivity (Wildman–Crippen MR) is 45.6 cm³/mol. The number of hydrogen-bond acceptors (Lipinski definition) is 3. The van der Waals surface area contributed by atoms with Crippen LogP contribution in [0, 0.1) is 5.92 Å². The Kier molecular flexibility index (Phi) is 1.73. The summed E-state index contributed by atoms with van der Waals surface area (Å²) >= 11 is 0. The molecule has 0 saturated carbocycles. The summed E-state index contributed by atoms with van der Waals surface area (Å²) in [6.07, 6.45) is 3.60. The lowest BCUT2D eigenvalue weighted by Crippen LogP contribution is -2.21. The number of pyridine rings is 1. The first-order valence-electron chi connectivity index (χ1n) is 4.15. The van der Waals surface area contributed by atoms with Crippen molar-refractivity contribution >= 4 is 0 Å². The highest BCUT2D eigenvalue weighted by atomic mass is 16.7. The Morgan fingerprint density at radius 1 is 1.58 bits per heavy atom. The van der Waals surface area contributed by atoms with Crippen LogP contribution in [0.15, 0.2) is 18.5 Å². The highest BCUT2D eigenvalue weighted by Gasteiger charge is 2.26. The minimum absolute atomic E-state index is 0.286. The maximum Gasteiger partial charge on any atom is 0.155 e. The van der Waals surface area contributed by atoms with Gasteiger partial charge in [0.05, 0.1) is 6.04 Å². The topological polar surface area (TPSA) is 34.1 Å². The van der Waals surface area contributed by atoms with Crippen LogP contribution >= 0.6 is 0 Å². The Morgan fingerprint density at radius 3 is 3.17 bits per heavy atom. The molecule has 0 spiro atoms. The van der Waals surface area contributed by atoms with E-state index < -0.39 is 0 Å². The molecular formula is C9H12N2O. The molecular weight excluding hydrogens is 152 g/mol. The van der Waals surface area contributed by atoms with Crippen LogP contribution < -0.4 is 10.3 Å². The first-order chi connectivity index (χ1) is 5.79. The zero-order chi connectivity index (χ0) is 8.55. The van der Waals surface area contributed by atoms with Crippen LogP contribution in [0.2, 0.25) is 0 Å². The van der Waals surface area contributed by atoms with E-state index in [0.717, 1.165) is 11.3 Å². The number of rotatable bonds is 1. The molecule has 1 N–H and O–H groups in total. The summed E-state index contributed by atoms with van der Waals surface area (Å²) < 4.78 is 0. The Bertz CT molecular complexity index is 286. The average Bonchev–Trinajstić information content (AvgIpc) is 2.47. The third-order valence-electron chi connectivity index (χ3n) is 2.11. The van der Waals surface area contributed by atoms with Gasteiger partial charge in [0.25, 0.3) is 0 Å². The van der Waals surface area contributed by atoms with Crippen molar-refractivity contribution in [1.82, 2.24) is 10.5 Å². The molecule has 1 atom stereocenters. The Labute approximate surface area is 71.7 Å². The second-order valence-electron chi connectivity index (χ2n) is 3.36. The fourth-order valence-corrected chi connectivity index (χ4v) is 1.41. The first kappa shape index (κ1) is 7.55. The number of nitrogens with zero attached hydrogens (tertiary/aromatic N) is 1. The SMILES string of the molecule is CC(C)C1NOc2ccncc21. The standard InChI is InChI=1S/C9H12N2O/c1-6(2)9-7-5-10-4-3-8(7)12-11-9/h3-6,9,11H,1-2H3. The molecule has 0 aromatic carbocycles. The van der Waals surface area contributed by atoms with E-state index in [4.69, 9.17) is 4.84 Å². The van der Waals surface area contributed by atoms with E-state index in [9.17, 15) is 0 Å². The summed E-state index contributed by atoms with van der Waals surface area (Å²) in [6.45, 7) is 4.31. The summed E-state index contributed by atoms with van der Waals surface area (Å²) in [5.74, 6) is 1.43. The van der Waals surface area contributed by atoms with E-state index in [0.29, 0.717) is 5.92 Å². The Morgan fingerprint density at radius 2 is 2.42 bits per heavy atom. The normalized spacial score (nSPS) is 20.8. The van der Waals surface area contributed by atoms with Gasteiger partial charge in [-0.15, -0.1) is 5.48 Å². The predicted octanol–water partition coefficient (Wildman–Crippen LogP) is 1.68. The van der Waals surface area contributed by atoms with E-state index in [-0.39, 0.29) is 6.04 Å². The third kappa shape index (κ3) is 1.06. The number of hydrogen-bond donors (Lipinski definition) is 1. The summed E-state index contributed by atoms with van der Waals surface area (Å²) in [6, 6.07) is 2.17. The summed E-state index contributed by atoms with van der Waals surface area (Å²) in [7, 11) is 0. The second-order valence-corrected chi connectivity index (χ2v) is 3.36. The Hall–Kier alpha value is -1.09. The quantitative estimate of drug-likeness (QED) is 0.685. The summed E-state index contributed by atoms with van der Waals surface area (Å²) in [4.78, 5) is 9.35. The van der Waals surface area contributed by atoms with Gasteiger partial charge < -0.3 is 4.84 Å². The lowest BCUT2D eigenvalue weighted by Gasteiger charge is -2.11. The molecule has 0 amide bonds. The molecule has 3 heteroatoms. The van der Waals surface area contributed by atoms with E-state index in [1.807, 2.05) is 12.3 Å². The summed E-state index contributed by atoms with van der Waals surface area (Å²) in [5, 5.41) is 0. The molecule has 0 aliphatic carbocycles. The molecule has 2 heterocycles. The molecule has 2 rings (SSSR count). The third-order valence-corrected chi connectivity index (χ3v) is 2.11. The second kappa shape index (κ2) is 2.75. The molecule has 64 valence electrons. The molecule has 1 aromatic heterocycles. The van der Waals surface area contributed by atoms with Crippen molar-refractivity contribution in [3.63, 3.8) is 0 Å². The van der Waals surface area contributed by atoms with Gasteiger partial charge in [-0.1, -0.05) is 13.8 Å². The molecule has 12 heavy (non-hydrogen) atoms. The number of aromatic nitrogens is 1. The van der Waals surface area contributed by atoms with E-state index in [1.165, 1.54) is 0 Å². The van der Waals surface area contributed by atoms with Gasteiger partial charge in [-0.25, -0.2) is 0 Å². The van der Waals surface area contributed by atoms with Gasteiger partial charge in [0.1, 0.15) is 0 Å². The lowest BCUT2D eigenvalue weighted by molar-refractivity contribution is 0.171. The van der Waals surface area contributed by atoms with Crippen LogP contribution in [0.5, 0.6) is 5.75 Å². The number of hydroxylamine groups is 1. The van der Waals surface area contributed by atoms with E-state index in [2.05, 4.69) is 24.3 Å². The molecule has 0 saturated heterocycles. The van der Waals surface area contributed by atoms with Crippen molar-refractivity contribution in [2.75, 3.05) is 0 Å². The zero-order valence-electron chi connectivity index (χ0n) is 7.24. The van der Waals surface area contributed by atoms with Crippen molar-refractivity contribution in [3.05, 3.63) is 24.0 Å². The highest BCUT2D eigenvalue weighted by Crippen LogP contribution is 2.33. The fraction of sp³-hybridized carbons (Fsp3) is 0.444. The zero-order valence-corrected chi connectivity index (χ0v) is 7.24. The summed E-state index contributed by atoms with van der Waals surface area (Å²) in [5.41, 5.74) is 4.14. The minimum atomic E-state index is 0.286. The molecule has 0 bridgehead atoms. The molecule has 0 fully saturated rings. The highest BCUT2D eigenvalue weighted by molar-refractivity contribution is 5.35. The average molecular weight is 164 g/mol. The van der Waals surface area contributed by atoms with Crippen molar-refractivity contribution < 1.29 is 4.84 Å². The van der Waals surface area contributed by atoms with Gasteiger partial charge in [-0.05, 0) is 5.92 Å². The van der Waals surface area contributed by atoms with Gasteiger partial charge in [0.15, 0.2) is 5.75 Å². The van der Waals surface area contributed by atoms with Crippen LogP contribution in [0.4, 0.5) is 0 Å². The van der Waals surface area contributed by atoms with Gasteiger partial charge in [-0.3, -0.25) is 4.98 Å². The van der Waals surface area contributed by atoms with Gasteiger partial charge in [0.2, 0.25) is 0 Å². The van der Waals surface area contributed by atoms with Crippen molar-refractivity contribution in [1.29, 1.82) is 0 Å². The largest absolute Gasteiger partial charge is 0.408 e. The van der Waals surface area contributed by atoms with Crippen molar-refractivity contribution in [2.45, 2.75) is 19.9 Å². The first-order valence-corrected chi connectivity index (χ1v) is 4.15. The molecule has 1 unspecified atom stereocenters. The van der Waals surface area contributed by atoms with Crippen LogP contribution in [-0.4, -0.2) is 4.98 Å². The van der Waals surface area contributed by atoms with E-state index >= 15 is 0 Å². The molecule has 1 aromatic rings. The smallest absolute Gasteiger partial charge is 0.155 e. The molecule has 1 aliphatic rings. The molecule has 0 radical (unpaired) electrons. The fourth-order valence-electron chi connectivity index (χ4n) is 1.41. The molecule has 3 nitrogen and oxygen atoms in total. The number of nitrogens with one attached hydrogen (secondary N) is 1. The minimum Gasteiger partial charge on any atom is -0.408 e. The van der Waals surface area contributed by atoms with Gasteiger partial charge >= 0.3 is 0 Å². The maximum atomic E-state index is 5.28. The molecule has 1 aliphatic heterocycles. The van der Waals surface area contributed by atoms with Crippen LogP contribution in [0.3, 0.4) is 0 Å². The van der Waals surface area contributed by atoms with Crippen LogP contribution in [0.1, 0.15) is 25.5 Å². The van der Waals surface area contributed by atoms with E-state index in [1.54, 1.807) is 6.20 Å². The van der Waals surface area contributed by atoms with Crippen LogP contribution in [0.25, 0.3) is 0 Å². The lowest BCUT2D eigenvalue weighted by atomic mass is 9.99. The van der Waals surface area contributed by atoms with Crippen molar-refractivity contribution in [3.8, 4) is 5.75 Å². The monoisotopic (exact) mass is 164 g/mol. The van der Waals surface area contributed by atoms with Gasteiger partial charge in [-0.2, -0.15) is 0 Å². The van der Waals surface area contributed by atoms with Gasteiger partial charge in [0, 0.05) is 24.0 Å².